The lowest BCUT2D eigenvalue weighted by atomic mass is 9.88. The molecule has 0 aromatic heterocycles. The Morgan fingerprint density at radius 1 is 1.04 bits per heavy atom. The number of aliphatic imine (C=N–C) groups is 1. The Hall–Kier alpha value is -2.69. The molecule has 5 nitrogen and oxygen atoms in total. The minimum absolute atomic E-state index is 0.326. The molecular weight excluding hydrogens is 314 g/mol. The Bertz CT molecular complexity index is 699. The fourth-order valence-corrected chi connectivity index (χ4v) is 2.70. The smallest absolute Gasteiger partial charge is 0.193 e. The van der Waals surface area contributed by atoms with Crippen LogP contribution in [0.3, 0.4) is 0 Å². The van der Waals surface area contributed by atoms with E-state index in [1.54, 1.807) is 14.2 Å². The Balaban J connectivity index is 2.08. The van der Waals surface area contributed by atoms with Crippen LogP contribution in [0.15, 0.2) is 53.5 Å². The number of nitrogens with two attached hydrogens (primary N) is 1. The van der Waals surface area contributed by atoms with Gasteiger partial charge in [-0.05, 0) is 23.6 Å². The molecule has 25 heavy (non-hydrogen) atoms. The van der Waals surface area contributed by atoms with Crippen LogP contribution in [0.4, 0.5) is 5.69 Å². The van der Waals surface area contributed by atoms with Crippen LogP contribution in [0.5, 0.6) is 11.5 Å². The second kappa shape index (κ2) is 8.97. The van der Waals surface area contributed by atoms with Gasteiger partial charge in [-0.15, -0.1) is 0 Å². The highest BCUT2D eigenvalue weighted by Crippen LogP contribution is 2.29. The standard InChI is InChI=1S/C20H27N3O2/c1-14(2)17(15-8-6-5-7-9-15)13-22-20(21)23-16-10-11-18(24-3)19(12-16)25-4/h5-12,14,17H,13H2,1-4H3,(H3,21,22,23). The van der Waals surface area contributed by atoms with E-state index in [1.165, 1.54) is 5.56 Å². The molecule has 3 N–H and O–H groups in total. The molecule has 134 valence electrons. The predicted octanol–water partition coefficient (Wildman–Crippen LogP) is 3.87. The normalized spacial score (nSPS) is 12.8. The summed E-state index contributed by atoms with van der Waals surface area (Å²) in [5.41, 5.74) is 8.14. The third kappa shape index (κ3) is 5.14. The average molecular weight is 341 g/mol. The summed E-state index contributed by atoms with van der Waals surface area (Å²) in [5, 5.41) is 3.11. The van der Waals surface area contributed by atoms with E-state index in [0.29, 0.717) is 35.8 Å². The lowest BCUT2D eigenvalue weighted by molar-refractivity contribution is 0.355. The molecule has 0 aliphatic heterocycles. The van der Waals surface area contributed by atoms with Crippen molar-refractivity contribution in [1.82, 2.24) is 0 Å². The van der Waals surface area contributed by atoms with Gasteiger partial charge >= 0.3 is 0 Å². The summed E-state index contributed by atoms with van der Waals surface area (Å²) in [6.45, 7) is 5.03. The summed E-state index contributed by atoms with van der Waals surface area (Å²) in [7, 11) is 3.21. The summed E-state index contributed by atoms with van der Waals surface area (Å²) < 4.78 is 10.5. The van der Waals surface area contributed by atoms with Crippen LogP contribution < -0.4 is 20.5 Å². The van der Waals surface area contributed by atoms with Crippen molar-refractivity contribution in [3.8, 4) is 11.5 Å². The fourth-order valence-electron chi connectivity index (χ4n) is 2.70. The zero-order chi connectivity index (χ0) is 18.2. The van der Waals surface area contributed by atoms with Gasteiger partial charge in [0.25, 0.3) is 0 Å². The number of methoxy groups -OCH3 is 2. The first-order chi connectivity index (χ1) is 12.0. The Morgan fingerprint density at radius 3 is 2.32 bits per heavy atom. The van der Waals surface area contributed by atoms with Crippen molar-refractivity contribution < 1.29 is 9.47 Å². The minimum atomic E-state index is 0.326. The van der Waals surface area contributed by atoms with Crippen LogP contribution in [0.25, 0.3) is 0 Å². The SMILES string of the molecule is COc1ccc(NC(N)=NCC(c2ccccc2)C(C)C)cc1OC. The molecular formula is C20H27N3O2. The van der Waals surface area contributed by atoms with Crippen molar-refractivity contribution in [3.63, 3.8) is 0 Å². The van der Waals surface area contributed by atoms with Gasteiger partial charge in [-0.2, -0.15) is 0 Å². The summed E-state index contributed by atoms with van der Waals surface area (Å²) >= 11 is 0. The highest BCUT2D eigenvalue weighted by atomic mass is 16.5. The molecule has 1 atom stereocenters. The first kappa shape index (κ1) is 18.6. The van der Waals surface area contributed by atoms with Gasteiger partial charge in [-0.25, -0.2) is 0 Å². The maximum Gasteiger partial charge on any atom is 0.193 e. The quantitative estimate of drug-likeness (QED) is 0.592. The maximum absolute atomic E-state index is 6.06. The summed E-state index contributed by atoms with van der Waals surface area (Å²) in [6.07, 6.45) is 0. The molecule has 0 fully saturated rings. The van der Waals surface area contributed by atoms with Crippen molar-refractivity contribution in [1.29, 1.82) is 0 Å². The van der Waals surface area contributed by atoms with Gasteiger partial charge < -0.3 is 20.5 Å². The number of rotatable bonds is 7. The molecule has 0 aliphatic rings. The van der Waals surface area contributed by atoms with E-state index in [0.717, 1.165) is 5.69 Å². The van der Waals surface area contributed by atoms with E-state index < -0.39 is 0 Å². The van der Waals surface area contributed by atoms with E-state index in [2.05, 4.69) is 48.4 Å². The highest BCUT2D eigenvalue weighted by molar-refractivity contribution is 5.92. The lowest BCUT2D eigenvalue weighted by Crippen LogP contribution is -2.24. The first-order valence-electron chi connectivity index (χ1n) is 8.39. The van der Waals surface area contributed by atoms with E-state index in [9.17, 15) is 0 Å². The minimum Gasteiger partial charge on any atom is -0.493 e. The van der Waals surface area contributed by atoms with Crippen molar-refractivity contribution in [2.45, 2.75) is 19.8 Å². The Labute approximate surface area is 149 Å². The van der Waals surface area contributed by atoms with E-state index >= 15 is 0 Å². The molecule has 0 bridgehead atoms. The second-order valence-corrected chi connectivity index (χ2v) is 6.18. The average Bonchev–Trinajstić information content (AvgIpc) is 2.62. The number of hydrogen-bond acceptors (Lipinski definition) is 3. The van der Waals surface area contributed by atoms with Gasteiger partial charge in [-0.3, -0.25) is 4.99 Å². The van der Waals surface area contributed by atoms with E-state index in [1.807, 2.05) is 24.3 Å². The topological polar surface area (TPSA) is 68.9 Å². The van der Waals surface area contributed by atoms with Crippen LogP contribution >= 0.6 is 0 Å². The van der Waals surface area contributed by atoms with Gasteiger partial charge in [-0.1, -0.05) is 44.2 Å². The van der Waals surface area contributed by atoms with Crippen molar-refractivity contribution in [2.24, 2.45) is 16.6 Å². The summed E-state index contributed by atoms with van der Waals surface area (Å²) in [5.74, 6) is 2.50. The number of benzene rings is 2. The third-order valence-electron chi connectivity index (χ3n) is 4.15. The van der Waals surface area contributed by atoms with E-state index in [-0.39, 0.29) is 0 Å². The highest BCUT2D eigenvalue weighted by Gasteiger charge is 2.15. The van der Waals surface area contributed by atoms with Crippen LogP contribution in [-0.4, -0.2) is 26.7 Å². The third-order valence-corrected chi connectivity index (χ3v) is 4.15. The summed E-state index contributed by atoms with van der Waals surface area (Å²) in [6, 6.07) is 15.9. The van der Waals surface area contributed by atoms with Gasteiger partial charge in [0.2, 0.25) is 0 Å². The van der Waals surface area contributed by atoms with Crippen LogP contribution in [0.2, 0.25) is 0 Å². The lowest BCUT2D eigenvalue weighted by Gasteiger charge is -2.19. The molecule has 0 saturated carbocycles. The molecule has 2 aromatic carbocycles. The Morgan fingerprint density at radius 2 is 1.72 bits per heavy atom. The molecule has 5 heteroatoms. The molecule has 0 radical (unpaired) electrons. The molecule has 2 rings (SSSR count). The zero-order valence-electron chi connectivity index (χ0n) is 15.3. The molecule has 0 amide bonds. The zero-order valence-corrected chi connectivity index (χ0v) is 15.3. The van der Waals surface area contributed by atoms with Gasteiger partial charge in [0.05, 0.1) is 14.2 Å². The monoisotopic (exact) mass is 341 g/mol. The summed E-state index contributed by atoms with van der Waals surface area (Å²) in [4.78, 5) is 4.53. The number of guanidine groups is 1. The maximum atomic E-state index is 6.06. The van der Waals surface area contributed by atoms with Gasteiger partial charge in [0.1, 0.15) is 0 Å². The molecule has 2 aromatic rings. The van der Waals surface area contributed by atoms with Crippen LogP contribution in [-0.2, 0) is 0 Å². The van der Waals surface area contributed by atoms with Crippen molar-refractivity contribution in [2.75, 3.05) is 26.1 Å². The number of anilines is 1. The van der Waals surface area contributed by atoms with Gasteiger partial charge in [0, 0.05) is 24.2 Å². The number of nitrogens with zero attached hydrogens (tertiary/aromatic N) is 1. The molecule has 0 spiro atoms. The fraction of sp³-hybridized carbons (Fsp3) is 0.350. The van der Waals surface area contributed by atoms with Crippen molar-refractivity contribution in [3.05, 3.63) is 54.1 Å². The number of ether oxygens (including phenoxy) is 2. The number of hydrogen-bond donors (Lipinski definition) is 2. The number of nitrogens with one attached hydrogen (secondary N) is 1. The Kier molecular flexibility index (Phi) is 6.69. The van der Waals surface area contributed by atoms with Crippen LogP contribution in [0.1, 0.15) is 25.3 Å². The van der Waals surface area contributed by atoms with Crippen LogP contribution in [0, 0.1) is 5.92 Å². The largest absolute Gasteiger partial charge is 0.493 e. The first-order valence-corrected chi connectivity index (χ1v) is 8.39. The van der Waals surface area contributed by atoms with E-state index in [4.69, 9.17) is 15.2 Å². The molecule has 1 unspecified atom stereocenters. The van der Waals surface area contributed by atoms with Gasteiger partial charge in [0.15, 0.2) is 17.5 Å². The van der Waals surface area contributed by atoms with Crippen molar-refractivity contribution >= 4 is 11.6 Å². The second-order valence-electron chi connectivity index (χ2n) is 6.18. The molecule has 0 heterocycles. The molecule has 0 aliphatic carbocycles. The predicted molar refractivity (Wildman–Crippen MR) is 104 cm³/mol. The molecule has 0 saturated heterocycles.